The van der Waals surface area contributed by atoms with Crippen LogP contribution >= 0.6 is 0 Å². The molecule has 1 aliphatic heterocycles. The summed E-state index contributed by atoms with van der Waals surface area (Å²) in [6, 6.07) is 18.7. The Bertz CT molecular complexity index is 1050. The van der Waals surface area contributed by atoms with E-state index in [1.807, 2.05) is 12.1 Å². The number of ether oxygens (including phenoxy) is 1. The second kappa shape index (κ2) is 5.88. The molecular formula is C23H18N2O. The van der Waals surface area contributed by atoms with Crippen LogP contribution < -0.4 is 4.74 Å². The van der Waals surface area contributed by atoms with Gasteiger partial charge in [0.05, 0.1) is 18.5 Å². The van der Waals surface area contributed by atoms with E-state index >= 15 is 0 Å². The number of aromatic nitrogens is 1. The van der Waals surface area contributed by atoms with Crippen molar-refractivity contribution in [2.24, 2.45) is 4.99 Å². The van der Waals surface area contributed by atoms with E-state index in [0.29, 0.717) is 0 Å². The summed E-state index contributed by atoms with van der Waals surface area (Å²) in [5.41, 5.74) is 7.08. The highest BCUT2D eigenvalue weighted by Crippen LogP contribution is 2.39. The molecule has 0 bridgehead atoms. The number of aliphatic imine (C=N–C) groups is 1. The molecule has 1 aromatic heterocycles. The van der Waals surface area contributed by atoms with Crippen LogP contribution in [0.15, 0.2) is 84.0 Å². The van der Waals surface area contributed by atoms with Gasteiger partial charge >= 0.3 is 0 Å². The van der Waals surface area contributed by atoms with E-state index in [2.05, 4.69) is 77.5 Å². The molecule has 1 unspecified atom stereocenters. The molecule has 2 heterocycles. The van der Waals surface area contributed by atoms with Gasteiger partial charge < -0.3 is 9.30 Å². The van der Waals surface area contributed by atoms with E-state index < -0.39 is 0 Å². The van der Waals surface area contributed by atoms with Crippen LogP contribution in [0, 0.1) is 0 Å². The summed E-state index contributed by atoms with van der Waals surface area (Å²) in [6.07, 6.45) is 10.6. The third-order valence-electron chi connectivity index (χ3n) is 4.97. The van der Waals surface area contributed by atoms with E-state index in [9.17, 15) is 0 Å². The zero-order valence-electron chi connectivity index (χ0n) is 14.5. The average Bonchev–Trinajstić information content (AvgIpc) is 3.16. The van der Waals surface area contributed by atoms with E-state index in [1.165, 1.54) is 22.4 Å². The fourth-order valence-corrected chi connectivity index (χ4v) is 3.71. The molecule has 0 spiro atoms. The maximum atomic E-state index is 5.29. The second-order valence-electron chi connectivity index (χ2n) is 6.46. The molecule has 26 heavy (non-hydrogen) atoms. The zero-order chi connectivity index (χ0) is 17.5. The van der Waals surface area contributed by atoms with Crippen molar-refractivity contribution in [3.05, 3.63) is 95.8 Å². The summed E-state index contributed by atoms with van der Waals surface area (Å²) < 4.78 is 7.57. The molecular weight excluding hydrogens is 320 g/mol. The number of benzene rings is 2. The summed E-state index contributed by atoms with van der Waals surface area (Å²) in [6.45, 7) is 0. The maximum Gasteiger partial charge on any atom is 0.151 e. The zero-order valence-corrected chi connectivity index (χ0v) is 14.5. The molecule has 0 radical (unpaired) electrons. The second-order valence-corrected chi connectivity index (χ2v) is 6.46. The summed E-state index contributed by atoms with van der Waals surface area (Å²) >= 11 is 0. The normalized spacial score (nSPS) is 17.0. The Morgan fingerprint density at radius 3 is 2.46 bits per heavy atom. The van der Waals surface area contributed by atoms with Crippen molar-refractivity contribution in [2.75, 3.05) is 7.11 Å². The molecule has 5 rings (SSSR count). The van der Waals surface area contributed by atoms with Gasteiger partial charge in [-0.1, -0.05) is 60.7 Å². The monoisotopic (exact) mass is 338 g/mol. The first-order valence-corrected chi connectivity index (χ1v) is 8.72. The fraction of sp³-hybridized carbons (Fsp3) is 0.0870. The van der Waals surface area contributed by atoms with Crippen molar-refractivity contribution in [1.82, 2.24) is 4.57 Å². The molecule has 2 aromatic carbocycles. The smallest absolute Gasteiger partial charge is 0.151 e. The predicted molar refractivity (Wildman–Crippen MR) is 106 cm³/mol. The van der Waals surface area contributed by atoms with Crippen LogP contribution in [-0.4, -0.2) is 17.4 Å². The molecule has 3 aromatic rings. The van der Waals surface area contributed by atoms with Gasteiger partial charge in [0.25, 0.3) is 0 Å². The first kappa shape index (κ1) is 15.0. The van der Waals surface area contributed by atoms with Crippen LogP contribution in [0.1, 0.15) is 23.0 Å². The molecule has 2 aliphatic rings. The molecule has 0 N–H and O–H groups in total. The molecule has 3 nitrogen and oxygen atoms in total. The molecule has 0 saturated carbocycles. The van der Waals surface area contributed by atoms with E-state index in [-0.39, 0.29) is 6.17 Å². The molecule has 0 fully saturated rings. The Hall–Kier alpha value is -3.33. The number of nitrogens with zero attached hydrogens (tertiary/aromatic N) is 2. The van der Waals surface area contributed by atoms with E-state index in [4.69, 9.17) is 9.73 Å². The standard InChI is InChI=1S/C23H18N2O/c1-26-18-13-11-17(12-14-18)23-24-21-10-6-5-9-19-20(15-25(23)22(19)21)16-7-3-2-4-8-16/h2-15,23H,1H3. The lowest BCUT2D eigenvalue weighted by Gasteiger charge is -2.12. The van der Waals surface area contributed by atoms with E-state index in [1.54, 1.807) is 7.11 Å². The van der Waals surface area contributed by atoms with Gasteiger partial charge in [-0.15, -0.1) is 0 Å². The van der Waals surface area contributed by atoms with Crippen molar-refractivity contribution in [2.45, 2.75) is 6.17 Å². The SMILES string of the molecule is COc1ccc(C2N=C3C=CC=Cc4c(-c5ccccc5)cn2c43)cc1. The van der Waals surface area contributed by atoms with Crippen molar-refractivity contribution in [3.63, 3.8) is 0 Å². The Morgan fingerprint density at radius 1 is 0.923 bits per heavy atom. The van der Waals surface area contributed by atoms with Crippen molar-refractivity contribution in [3.8, 4) is 16.9 Å². The highest BCUT2D eigenvalue weighted by atomic mass is 16.5. The highest BCUT2D eigenvalue weighted by Gasteiger charge is 2.29. The largest absolute Gasteiger partial charge is 0.497 e. The van der Waals surface area contributed by atoms with Gasteiger partial charge in [0.2, 0.25) is 0 Å². The summed E-state index contributed by atoms with van der Waals surface area (Å²) in [4.78, 5) is 4.98. The number of rotatable bonds is 3. The van der Waals surface area contributed by atoms with Gasteiger partial charge in [0.15, 0.2) is 6.17 Å². The molecule has 1 aliphatic carbocycles. The molecule has 126 valence electrons. The summed E-state index contributed by atoms with van der Waals surface area (Å²) in [5, 5.41) is 0. The fourth-order valence-electron chi connectivity index (χ4n) is 3.71. The van der Waals surface area contributed by atoms with Crippen LogP contribution in [0.3, 0.4) is 0 Å². The van der Waals surface area contributed by atoms with Crippen LogP contribution in [0.4, 0.5) is 0 Å². The predicted octanol–water partition coefficient (Wildman–Crippen LogP) is 5.10. The minimum atomic E-state index is -0.0433. The van der Waals surface area contributed by atoms with Crippen molar-refractivity contribution >= 4 is 11.8 Å². The highest BCUT2D eigenvalue weighted by molar-refractivity contribution is 6.13. The minimum absolute atomic E-state index is 0.0433. The number of methoxy groups -OCH3 is 1. The quantitative estimate of drug-likeness (QED) is 0.653. The number of hydrogen-bond acceptors (Lipinski definition) is 2. The lowest BCUT2D eigenvalue weighted by Crippen LogP contribution is -2.04. The lowest BCUT2D eigenvalue weighted by atomic mass is 10.0. The molecule has 1 atom stereocenters. The number of hydrogen-bond donors (Lipinski definition) is 0. The molecule has 3 heteroatoms. The van der Waals surface area contributed by atoms with Crippen molar-refractivity contribution in [1.29, 1.82) is 0 Å². The van der Waals surface area contributed by atoms with Crippen LogP contribution in [0.25, 0.3) is 17.2 Å². The van der Waals surface area contributed by atoms with Gasteiger partial charge in [-0.3, -0.25) is 4.99 Å². The molecule has 0 amide bonds. The van der Waals surface area contributed by atoms with Gasteiger partial charge in [0.1, 0.15) is 5.75 Å². The lowest BCUT2D eigenvalue weighted by molar-refractivity contribution is 0.414. The topological polar surface area (TPSA) is 26.5 Å². The van der Waals surface area contributed by atoms with Gasteiger partial charge in [-0.2, -0.15) is 0 Å². The maximum absolute atomic E-state index is 5.29. The van der Waals surface area contributed by atoms with Gasteiger partial charge in [0, 0.05) is 17.3 Å². The van der Waals surface area contributed by atoms with Crippen LogP contribution in [0.2, 0.25) is 0 Å². The Kier molecular flexibility index (Phi) is 3.39. The minimum Gasteiger partial charge on any atom is -0.497 e. The Balaban J connectivity index is 1.68. The van der Waals surface area contributed by atoms with Crippen molar-refractivity contribution < 1.29 is 4.74 Å². The average molecular weight is 338 g/mol. The Labute approximate surface area is 152 Å². The summed E-state index contributed by atoms with van der Waals surface area (Å²) in [7, 11) is 1.69. The number of allylic oxidation sites excluding steroid dienone is 3. The van der Waals surface area contributed by atoms with E-state index in [0.717, 1.165) is 17.0 Å². The third-order valence-corrected chi connectivity index (χ3v) is 4.97. The third kappa shape index (κ3) is 2.25. The van der Waals surface area contributed by atoms with Gasteiger partial charge in [-0.25, -0.2) is 0 Å². The van der Waals surface area contributed by atoms with Crippen LogP contribution in [0.5, 0.6) is 5.75 Å². The first-order chi connectivity index (χ1) is 12.8. The first-order valence-electron chi connectivity index (χ1n) is 8.72. The van der Waals surface area contributed by atoms with Crippen LogP contribution in [-0.2, 0) is 0 Å². The Morgan fingerprint density at radius 2 is 1.69 bits per heavy atom. The summed E-state index contributed by atoms with van der Waals surface area (Å²) in [5.74, 6) is 0.860. The molecule has 0 saturated heterocycles. The van der Waals surface area contributed by atoms with Gasteiger partial charge in [-0.05, 0) is 29.3 Å².